The number of hydrogen-bond acceptors (Lipinski definition) is 5. The van der Waals surface area contributed by atoms with Crippen LogP contribution in [0, 0.1) is 0 Å². The number of carbonyl (C=O) groups excluding carboxylic acids is 2. The number of nitrogens with two attached hydrogens (primary N) is 1. The van der Waals surface area contributed by atoms with Crippen molar-refractivity contribution in [2.24, 2.45) is 5.73 Å². The van der Waals surface area contributed by atoms with E-state index in [0.29, 0.717) is 31.0 Å². The van der Waals surface area contributed by atoms with E-state index in [0.717, 1.165) is 18.5 Å². The molecule has 1 aliphatic heterocycles. The van der Waals surface area contributed by atoms with Crippen LogP contribution in [0.5, 0.6) is 0 Å². The van der Waals surface area contributed by atoms with E-state index in [1.54, 1.807) is 11.0 Å². The topological polar surface area (TPSA) is 118 Å². The average molecular weight is 317 g/mol. The molecule has 1 atom stereocenters. The number of piperidine rings is 1. The summed E-state index contributed by atoms with van der Waals surface area (Å²) in [6.45, 7) is 3.16. The number of aromatic amines is 1. The van der Waals surface area contributed by atoms with E-state index >= 15 is 0 Å². The minimum absolute atomic E-state index is 0.102. The van der Waals surface area contributed by atoms with E-state index in [1.807, 2.05) is 6.92 Å². The number of primary amides is 1. The van der Waals surface area contributed by atoms with Gasteiger partial charge < -0.3 is 15.1 Å². The summed E-state index contributed by atoms with van der Waals surface area (Å²) in [7, 11) is 0. The van der Waals surface area contributed by atoms with E-state index in [2.05, 4.69) is 15.2 Å². The Bertz CT molecular complexity index is 720. The van der Waals surface area contributed by atoms with Gasteiger partial charge in [0.1, 0.15) is 11.5 Å². The quantitative estimate of drug-likeness (QED) is 0.874. The number of rotatable bonds is 4. The first-order valence-electron chi connectivity index (χ1n) is 7.67. The molecule has 0 aromatic carbocycles. The first-order valence-corrected chi connectivity index (χ1v) is 7.67. The summed E-state index contributed by atoms with van der Waals surface area (Å²) in [5.74, 6) is 0.0290. The van der Waals surface area contributed by atoms with Crippen molar-refractivity contribution in [1.29, 1.82) is 0 Å². The Morgan fingerprint density at radius 3 is 3.04 bits per heavy atom. The fourth-order valence-corrected chi connectivity index (χ4v) is 2.93. The van der Waals surface area contributed by atoms with Gasteiger partial charge in [-0.2, -0.15) is 5.10 Å². The monoisotopic (exact) mass is 317 g/mol. The molecule has 0 saturated carbocycles. The molecule has 3 rings (SSSR count). The van der Waals surface area contributed by atoms with Crippen LogP contribution in [-0.4, -0.2) is 45.0 Å². The van der Waals surface area contributed by atoms with Crippen LogP contribution < -0.4 is 5.73 Å². The highest BCUT2D eigenvalue weighted by atomic mass is 16.3. The number of oxazole rings is 1. The van der Waals surface area contributed by atoms with Gasteiger partial charge in [-0.15, -0.1) is 0 Å². The Balaban J connectivity index is 1.75. The van der Waals surface area contributed by atoms with Gasteiger partial charge >= 0.3 is 0 Å². The summed E-state index contributed by atoms with van der Waals surface area (Å²) in [6.07, 6.45) is 3.73. The molecule has 0 spiro atoms. The largest absolute Gasteiger partial charge is 0.448 e. The molecule has 2 aromatic rings. The Morgan fingerprint density at radius 2 is 2.35 bits per heavy atom. The van der Waals surface area contributed by atoms with Crippen LogP contribution in [0.4, 0.5) is 0 Å². The number of H-pyrrole nitrogens is 1. The van der Waals surface area contributed by atoms with E-state index in [9.17, 15) is 9.59 Å². The molecule has 3 heterocycles. The molecule has 2 aromatic heterocycles. The predicted molar refractivity (Wildman–Crippen MR) is 80.9 cm³/mol. The maximum absolute atomic E-state index is 12.6. The lowest BCUT2D eigenvalue weighted by molar-refractivity contribution is 0.0698. The third-order valence-electron chi connectivity index (χ3n) is 4.16. The number of nitrogens with zero attached hydrogens (tertiary/aromatic N) is 3. The zero-order valence-electron chi connectivity index (χ0n) is 12.9. The number of hydrogen-bond donors (Lipinski definition) is 2. The summed E-state index contributed by atoms with van der Waals surface area (Å²) >= 11 is 0. The fraction of sp³-hybridized carbons (Fsp3) is 0.467. The molecule has 8 nitrogen and oxygen atoms in total. The number of likely N-dealkylation sites (tertiary alicyclic amines) is 1. The van der Waals surface area contributed by atoms with Gasteiger partial charge in [0.2, 0.25) is 0 Å². The lowest BCUT2D eigenvalue weighted by atomic mass is 9.94. The second-order valence-electron chi connectivity index (χ2n) is 5.64. The van der Waals surface area contributed by atoms with Crippen LogP contribution in [0.25, 0.3) is 0 Å². The van der Waals surface area contributed by atoms with E-state index in [1.165, 1.54) is 6.39 Å². The first kappa shape index (κ1) is 15.3. The van der Waals surface area contributed by atoms with Crippen LogP contribution in [0.3, 0.4) is 0 Å². The smallest absolute Gasteiger partial charge is 0.276 e. The van der Waals surface area contributed by atoms with Gasteiger partial charge in [0.05, 0.1) is 0 Å². The third-order valence-corrected chi connectivity index (χ3v) is 4.16. The van der Waals surface area contributed by atoms with E-state index in [4.69, 9.17) is 10.2 Å². The number of carbonyl (C=O) groups is 2. The molecule has 0 bridgehead atoms. The lowest BCUT2D eigenvalue weighted by Gasteiger charge is -2.31. The van der Waals surface area contributed by atoms with Gasteiger partial charge in [0.25, 0.3) is 11.8 Å². The predicted octanol–water partition coefficient (Wildman–Crippen LogP) is 1.08. The van der Waals surface area contributed by atoms with Crippen molar-refractivity contribution in [3.05, 3.63) is 35.3 Å². The van der Waals surface area contributed by atoms with Crippen molar-refractivity contribution in [2.45, 2.75) is 32.1 Å². The maximum atomic E-state index is 12.6. The SMILES string of the molecule is CCc1ocnc1C(=O)N1CCCC(c2cc(C(N)=O)n[nH]2)C1. The molecular weight excluding hydrogens is 298 g/mol. The molecule has 0 radical (unpaired) electrons. The van der Waals surface area contributed by atoms with E-state index < -0.39 is 5.91 Å². The van der Waals surface area contributed by atoms with Crippen LogP contribution in [-0.2, 0) is 6.42 Å². The highest BCUT2D eigenvalue weighted by Crippen LogP contribution is 2.27. The van der Waals surface area contributed by atoms with Gasteiger partial charge in [0, 0.05) is 31.1 Å². The Kier molecular flexibility index (Phi) is 4.14. The van der Waals surface area contributed by atoms with Gasteiger partial charge in [-0.1, -0.05) is 6.92 Å². The fourth-order valence-electron chi connectivity index (χ4n) is 2.93. The summed E-state index contributed by atoms with van der Waals surface area (Å²) in [6, 6.07) is 1.66. The summed E-state index contributed by atoms with van der Waals surface area (Å²) in [5, 5.41) is 6.76. The molecule has 1 unspecified atom stereocenters. The lowest BCUT2D eigenvalue weighted by Crippen LogP contribution is -2.39. The van der Waals surface area contributed by atoms with Gasteiger partial charge in [-0.25, -0.2) is 4.98 Å². The van der Waals surface area contributed by atoms with Crippen molar-refractivity contribution < 1.29 is 14.0 Å². The molecule has 1 saturated heterocycles. The molecule has 122 valence electrons. The molecule has 0 aliphatic carbocycles. The molecule has 8 heteroatoms. The van der Waals surface area contributed by atoms with Crippen LogP contribution in [0.1, 0.15) is 58.1 Å². The standard InChI is InChI=1S/C15H19N5O3/c1-2-12-13(17-8-23-12)15(22)20-5-3-4-9(7-20)10-6-11(14(16)21)19-18-10/h6,8-9H,2-5,7H2,1H3,(H2,16,21)(H,18,19). The van der Waals surface area contributed by atoms with E-state index in [-0.39, 0.29) is 17.5 Å². The van der Waals surface area contributed by atoms with Gasteiger partial charge in [0.15, 0.2) is 12.1 Å². The average Bonchev–Trinajstić information content (AvgIpc) is 3.23. The highest BCUT2D eigenvalue weighted by Gasteiger charge is 2.29. The van der Waals surface area contributed by atoms with Crippen LogP contribution in [0.15, 0.2) is 16.9 Å². The van der Waals surface area contributed by atoms with Crippen LogP contribution >= 0.6 is 0 Å². The Hall–Kier alpha value is -2.64. The van der Waals surface area contributed by atoms with Crippen molar-refractivity contribution in [3.8, 4) is 0 Å². The first-order chi connectivity index (χ1) is 11.1. The minimum atomic E-state index is -0.563. The number of amides is 2. The van der Waals surface area contributed by atoms with Gasteiger partial charge in [-0.3, -0.25) is 14.7 Å². The molecule has 2 amide bonds. The third kappa shape index (κ3) is 2.96. The summed E-state index contributed by atoms with van der Waals surface area (Å²) in [4.78, 5) is 29.6. The highest BCUT2D eigenvalue weighted by molar-refractivity contribution is 5.93. The summed E-state index contributed by atoms with van der Waals surface area (Å²) in [5.41, 5.74) is 6.65. The number of nitrogens with one attached hydrogen (secondary N) is 1. The van der Waals surface area contributed by atoms with Crippen molar-refractivity contribution in [2.75, 3.05) is 13.1 Å². The number of aryl methyl sites for hydroxylation is 1. The summed E-state index contributed by atoms with van der Waals surface area (Å²) < 4.78 is 5.24. The normalized spacial score (nSPS) is 18.1. The number of aromatic nitrogens is 3. The zero-order valence-corrected chi connectivity index (χ0v) is 12.9. The minimum Gasteiger partial charge on any atom is -0.448 e. The molecule has 3 N–H and O–H groups in total. The van der Waals surface area contributed by atoms with Crippen molar-refractivity contribution in [3.63, 3.8) is 0 Å². The molecule has 1 aliphatic rings. The Labute approximate surface area is 133 Å². The molecular formula is C15H19N5O3. The van der Waals surface area contributed by atoms with Crippen molar-refractivity contribution >= 4 is 11.8 Å². The Morgan fingerprint density at radius 1 is 1.52 bits per heavy atom. The zero-order chi connectivity index (χ0) is 16.4. The van der Waals surface area contributed by atoms with Crippen molar-refractivity contribution in [1.82, 2.24) is 20.1 Å². The maximum Gasteiger partial charge on any atom is 0.276 e. The van der Waals surface area contributed by atoms with Crippen LogP contribution in [0.2, 0.25) is 0 Å². The van der Waals surface area contributed by atoms with Gasteiger partial charge in [-0.05, 0) is 18.9 Å². The molecule has 1 fully saturated rings. The molecule has 23 heavy (non-hydrogen) atoms. The second-order valence-corrected chi connectivity index (χ2v) is 5.64. The second kappa shape index (κ2) is 6.23.